The summed E-state index contributed by atoms with van der Waals surface area (Å²) >= 11 is 0. The Bertz CT molecular complexity index is 449. The van der Waals surface area contributed by atoms with Crippen LogP contribution in [0.1, 0.15) is 64.9 Å². The van der Waals surface area contributed by atoms with Gasteiger partial charge in [0.1, 0.15) is 5.82 Å². The van der Waals surface area contributed by atoms with Crippen molar-refractivity contribution in [3.05, 3.63) is 23.5 Å². The Labute approximate surface area is 134 Å². The molecule has 0 radical (unpaired) electrons. The predicted molar refractivity (Wildman–Crippen MR) is 89.3 cm³/mol. The van der Waals surface area contributed by atoms with Gasteiger partial charge in [-0.1, -0.05) is 20.8 Å². The van der Waals surface area contributed by atoms with Crippen LogP contribution in [0, 0.1) is 5.82 Å². The lowest BCUT2D eigenvalue weighted by molar-refractivity contribution is 0.266. The Morgan fingerprint density at radius 1 is 1.00 bits per heavy atom. The largest absolute Gasteiger partial charge is 0.490 e. The van der Waals surface area contributed by atoms with Gasteiger partial charge in [-0.15, -0.1) is 0 Å². The maximum absolute atomic E-state index is 14.4. The van der Waals surface area contributed by atoms with Crippen LogP contribution in [0.15, 0.2) is 12.1 Å². The van der Waals surface area contributed by atoms with E-state index in [0.717, 1.165) is 25.7 Å². The molecular formula is C18H30FNO2. The number of benzene rings is 1. The topological polar surface area (TPSA) is 44.5 Å². The second-order valence-corrected chi connectivity index (χ2v) is 5.97. The first-order valence-corrected chi connectivity index (χ1v) is 8.34. The van der Waals surface area contributed by atoms with Crippen LogP contribution in [0.3, 0.4) is 0 Å². The molecule has 1 aromatic carbocycles. The average molecular weight is 311 g/mol. The maximum Gasteiger partial charge on any atom is 0.164 e. The van der Waals surface area contributed by atoms with Crippen LogP contribution >= 0.6 is 0 Å². The van der Waals surface area contributed by atoms with Crippen molar-refractivity contribution in [1.82, 2.24) is 0 Å². The molecule has 0 aliphatic rings. The van der Waals surface area contributed by atoms with Crippen molar-refractivity contribution in [1.29, 1.82) is 0 Å². The number of hydrogen-bond acceptors (Lipinski definition) is 3. The minimum atomic E-state index is -0.230. The highest BCUT2D eigenvalue weighted by Gasteiger charge is 2.17. The fraction of sp³-hybridized carbons (Fsp3) is 0.667. The zero-order valence-corrected chi connectivity index (χ0v) is 14.3. The lowest BCUT2D eigenvalue weighted by Gasteiger charge is -2.18. The molecule has 0 heterocycles. The van der Waals surface area contributed by atoms with Gasteiger partial charge in [0.25, 0.3) is 0 Å². The second-order valence-electron chi connectivity index (χ2n) is 5.97. The molecule has 2 atom stereocenters. The highest BCUT2D eigenvalue weighted by Crippen LogP contribution is 2.35. The first kappa shape index (κ1) is 18.8. The molecule has 2 N–H and O–H groups in total. The van der Waals surface area contributed by atoms with E-state index in [1.807, 2.05) is 27.7 Å². The summed E-state index contributed by atoms with van der Waals surface area (Å²) in [5.74, 6) is 1.01. The Hall–Kier alpha value is -1.29. The molecule has 2 unspecified atom stereocenters. The number of halogens is 1. The van der Waals surface area contributed by atoms with E-state index in [1.54, 1.807) is 6.07 Å². The summed E-state index contributed by atoms with van der Waals surface area (Å²) < 4.78 is 25.7. The van der Waals surface area contributed by atoms with E-state index in [2.05, 4.69) is 0 Å². The lowest BCUT2D eigenvalue weighted by atomic mass is 9.94. The molecule has 0 saturated carbocycles. The van der Waals surface area contributed by atoms with Crippen LogP contribution in [-0.4, -0.2) is 19.3 Å². The van der Waals surface area contributed by atoms with Gasteiger partial charge in [-0.05, 0) is 50.2 Å². The molecule has 0 amide bonds. The van der Waals surface area contributed by atoms with Crippen molar-refractivity contribution in [2.75, 3.05) is 13.2 Å². The van der Waals surface area contributed by atoms with Gasteiger partial charge in [0.05, 0.1) is 13.2 Å². The minimum Gasteiger partial charge on any atom is -0.490 e. The molecule has 0 saturated heterocycles. The molecule has 22 heavy (non-hydrogen) atoms. The lowest BCUT2D eigenvalue weighted by Crippen LogP contribution is -2.15. The van der Waals surface area contributed by atoms with Gasteiger partial charge in [-0.25, -0.2) is 4.39 Å². The molecule has 0 bridgehead atoms. The van der Waals surface area contributed by atoms with E-state index in [0.29, 0.717) is 30.3 Å². The van der Waals surface area contributed by atoms with Gasteiger partial charge in [0.15, 0.2) is 11.5 Å². The molecular weight excluding hydrogens is 281 g/mol. The van der Waals surface area contributed by atoms with Crippen LogP contribution < -0.4 is 15.2 Å². The van der Waals surface area contributed by atoms with E-state index in [-0.39, 0.29) is 17.8 Å². The molecule has 0 fully saturated rings. The molecule has 0 aromatic heterocycles. The van der Waals surface area contributed by atoms with Crippen molar-refractivity contribution in [2.24, 2.45) is 5.73 Å². The standard InChI is InChI=1S/C18H30FNO2/c1-5-9-21-17-11-15(13(3)7-8-14(4)20)16(19)12-18(17)22-10-6-2/h11-14H,5-10,20H2,1-4H3. The highest BCUT2D eigenvalue weighted by atomic mass is 19.1. The van der Waals surface area contributed by atoms with Crippen molar-refractivity contribution in [2.45, 2.75) is 65.3 Å². The number of nitrogens with two attached hydrogens (primary N) is 1. The summed E-state index contributed by atoms with van der Waals surface area (Å²) in [6.45, 7) is 9.22. The molecule has 0 spiro atoms. The molecule has 0 aliphatic carbocycles. The third kappa shape index (κ3) is 5.84. The van der Waals surface area contributed by atoms with Gasteiger partial charge in [-0.2, -0.15) is 0 Å². The van der Waals surface area contributed by atoms with E-state index in [4.69, 9.17) is 15.2 Å². The smallest absolute Gasteiger partial charge is 0.164 e. The summed E-state index contributed by atoms with van der Waals surface area (Å²) in [6, 6.07) is 3.38. The SMILES string of the molecule is CCCOc1cc(F)c(C(C)CCC(C)N)cc1OCCC. The third-order valence-electron chi connectivity index (χ3n) is 3.57. The second kappa shape index (κ2) is 9.67. The molecule has 1 rings (SSSR count). The van der Waals surface area contributed by atoms with Gasteiger partial charge >= 0.3 is 0 Å². The monoisotopic (exact) mass is 311 g/mol. The molecule has 126 valence electrons. The zero-order valence-electron chi connectivity index (χ0n) is 14.3. The van der Waals surface area contributed by atoms with E-state index in [1.165, 1.54) is 6.07 Å². The van der Waals surface area contributed by atoms with E-state index >= 15 is 0 Å². The predicted octanol–water partition coefficient (Wildman–Crippen LogP) is 4.63. The maximum atomic E-state index is 14.4. The minimum absolute atomic E-state index is 0.107. The van der Waals surface area contributed by atoms with Gasteiger partial charge < -0.3 is 15.2 Å². The summed E-state index contributed by atoms with van der Waals surface area (Å²) in [6.07, 6.45) is 3.51. The highest BCUT2D eigenvalue weighted by molar-refractivity contribution is 5.45. The van der Waals surface area contributed by atoms with E-state index in [9.17, 15) is 4.39 Å². The van der Waals surface area contributed by atoms with Crippen LogP contribution in [0.2, 0.25) is 0 Å². The van der Waals surface area contributed by atoms with Gasteiger partial charge in [0.2, 0.25) is 0 Å². The van der Waals surface area contributed by atoms with Crippen molar-refractivity contribution in [3.63, 3.8) is 0 Å². The van der Waals surface area contributed by atoms with Crippen molar-refractivity contribution < 1.29 is 13.9 Å². The van der Waals surface area contributed by atoms with Crippen molar-refractivity contribution >= 4 is 0 Å². The Balaban J connectivity index is 2.97. The van der Waals surface area contributed by atoms with Gasteiger partial charge in [-0.3, -0.25) is 0 Å². The Morgan fingerprint density at radius 3 is 2.05 bits per heavy atom. The average Bonchev–Trinajstić information content (AvgIpc) is 2.49. The molecule has 0 aliphatic heterocycles. The third-order valence-corrected chi connectivity index (χ3v) is 3.57. The Morgan fingerprint density at radius 2 is 1.55 bits per heavy atom. The summed E-state index contributed by atoms with van der Waals surface area (Å²) in [5, 5.41) is 0. The fourth-order valence-corrected chi connectivity index (χ4v) is 2.25. The fourth-order valence-electron chi connectivity index (χ4n) is 2.25. The summed E-state index contributed by atoms with van der Waals surface area (Å²) in [7, 11) is 0. The normalized spacial score (nSPS) is 13.7. The first-order chi connectivity index (χ1) is 10.5. The molecule has 4 heteroatoms. The van der Waals surface area contributed by atoms with Crippen LogP contribution in [-0.2, 0) is 0 Å². The zero-order chi connectivity index (χ0) is 16.5. The molecule has 3 nitrogen and oxygen atoms in total. The van der Waals surface area contributed by atoms with Crippen LogP contribution in [0.5, 0.6) is 11.5 Å². The number of ether oxygens (including phenoxy) is 2. The van der Waals surface area contributed by atoms with Crippen LogP contribution in [0.25, 0.3) is 0 Å². The van der Waals surface area contributed by atoms with Gasteiger partial charge in [0, 0.05) is 12.1 Å². The van der Waals surface area contributed by atoms with E-state index < -0.39 is 0 Å². The van der Waals surface area contributed by atoms with Crippen LogP contribution in [0.4, 0.5) is 4.39 Å². The number of hydrogen-bond donors (Lipinski definition) is 1. The van der Waals surface area contributed by atoms with Crippen molar-refractivity contribution in [3.8, 4) is 11.5 Å². The quantitative estimate of drug-likeness (QED) is 0.685. The Kier molecular flexibility index (Phi) is 8.25. The first-order valence-electron chi connectivity index (χ1n) is 8.34. The molecule has 1 aromatic rings. The summed E-state index contributed by atoms with van der Waals surface area (Å²) in [5.41, 5.74) is 6.47. The number of rotatable bonds is 10. The summed E-state index contributed by atoms with van der Waals surface area (Å²) in [4.78, 5) is 0.